The smallest absolute Gasteiger partial charge is 0.245 e. The first-order valence-corrected chi connectivity index (χ1v) is 12.3. The van der Waals surface area contributed by atoms with Gasteiger partial charge in [0.25, 0.3) is 0 Å². The zero-order valence-electron chi connectivity index (χ0n) is 21.5. The van der Waals surface area contributed by atoms with E-state index in [9.17, 15) is 9.59 Å². The summed E-state index contributed by atoms with van der Waals surface area (Å²) in [5.74, 6) is 0.0520. The van der Waals surface area contributed by atoms with Crippen molar-refractivity contribution in [2.75, 3.05) is 49.5 Å². The summed E-state index contributed by atoms with van der Waals surface area (Å²) in [7, 11) is 0. The molecule has 1 heterocycles. The highest BCUT2D eigenvalue weighted by Crippen LogP contribution is 2.37. The highest BCUT2D eigenvalue weighted by atomic mass is 35.5. The molecule has 0 aromatic heterocycles. The average molecular weight is 505 g/mol. The molecule has 0 fully saturated rings. The van der Waals surface area contributed by atoms with E-state index < -0.39 is 0 Å². The molecule has 1 aliphatic rings. The summed E-state index contributed by atoms with van der Waals surface area (Å²) >= 11 is 0. The molecule has 1 aliphatic heterocycles. The van der Waals surface area contributed by atoms with Crippen LogP contribution in [-0.2, 0) is 22.4 Å². The molecule has 7 nitrogen and oxygen atoms in total. The number of halogens is 1. The Labute approximate surface area is 216 Å². The van der Waals surface area contributed by atoms with E-state index in [2.05, 4.69) is 54.9 Å². The molecule has 3 N–H and O–H groups in total. The number of aryl methyl sites for hydroxylation is 2. The maximum absolute atomic E-state index is 13.6. The van der Waals surface area contributed by atoms with Crippen LogP contribution < -0.4 is 10.2 Å². The van der Waals surface area contributed by atoms with Crippen molar-refractivity contribution in [2.24, 2.45) is 0 Å². The Balaban J connectivity index is 0.00000306. The number of para-hydroxylation sites is 1. The van der Waals surface area contributed by atoms with Gasteiger partial charge in [-0.2, -0.15) is 0 Å². The Kier molecular flexibility index (Phi) is 13.0. The van der Waals surface area contributed by atoms with Gasteiger partial charge in [-0.25, -0.2) is 0 Å². The van der Waals surface area contributed by atoms with Crippen LogP contribution in [0.25, 0.3) is 0 Å². The van der Waals surface area contributed by atoms with E-state index >= 15 is 0 Å². The minimum absolute atomic E-state index is 0. The lowest BCUT2D eigenvalue weighted by Gasteiger charge is -2.28. The SMILES string of the molecule is CCN(CC)CCC(=O)Nc1ccc2c(c1)N(C(=O)CN(CC)CC)c1ccccc1CC2.Cl.O. The van der Waals surface area contributed by atoms with Crippen LogP contribution in [0.3, 0.4) is 0 Å². The number of fused-ring (bicyclic) bond motifs is 2. The van der Waals surface area contributed by atoms with Gasteiger partial charge in [-0.3, -0.25) is 19.4 Å². The second kappa shape index (κ2) is 14.8. The molecule has 0 spiro atoms. The van der Waals surface area contributed by atoms with Gasteiger partial charge >= 0.3 is 0 Å². The van der Waals surface area contributed by atoms with Crippen LogP contribution in [0.5, 0.6) is 0 Å². The number of benzene rings is 2. The van der Waals surface area contributed by atoms with E-state index in [1.165, 1.54) is 5.56 Å². The fourth-order valence-corrected chi connectivity index (χ4v) is 4.40. The number of rotatable bonds is 10. The summed E-state index contributed by atoms with van der Waals surface area (Å²) < 4.78 is 0. The first kappa shape index (κ1) is 30.6. The van der Waals surface area contributed by atoms with Crippen LogP contribution in [0, 0.1) is 0 Å². The Morgan fingerprint density at radius 3 is 2.09 bits per heavy atom. The van der Waals surface area contributed by atoms with Gasteiger partial charge in [-0.1, -0.05) is 52.0 Å². The van der Waals surface area contributed by atoms with E-state index in [1.807, 2.05) is 35.2 Å². The lowest BCUT2D eigenvalue weighted by atomic mass is 10.0. The van der Waals surface area contributed by atoms with Crippen LogP contribution in [0.2, 0.25) is 0 Å². The van der Waals surface area contributed by atoms with Gasteiger partial charge in [-0.05, 0) is 68.3 Å². The number of carbonyl (C=O) groups is 2. The van der Waals surface area contributed by atoms with E-state index in [0.29, 0.717) is 13.0 Å². The summed E-state index contributed by atoms with van der Waals surface area (Å²) in [6.45, 7) is 13.0. The van der Waals surface area contributed by atoms with E-state index in [-0.39, 0.29) is 29.7 Å². The first-order chi connectivity index (χ1) is 16.0. The molecule has 0 atom stereocenters. The Hall–Kier alpha value is -2.45. The highest BCUT2D eigenvalue weighted by Gasteiger charge is 2.27. The number of hydrogen-bond donors (Lipinski definition) is 1. The molecule has 35 heavy (non-hydrogen) atoms. The van der Waals surface area contributed by atoms with Crippen molar-refractivity contribution in [2.45, 2.75) is 47.0 Å². The fourth-order valence-electron chi connectivity index (χ4n) is 4.40. The fraction of sp³-hybridized carbons (Fsp3) is 0.481. The molecule has 0 aliphatic carbocycles. The van der Waals surface area contributed by atoms with Crippen LogP contribution in [0.4, 0.5) is 17.1 Å². The van der Waals surface area contributed by atoms with Crippen molar-refractivity contribution in [1.82, 2.24) is 9.80 Å². The van der Waals surface area contributed by atoms with Gasteiger partial charge in [0.1, 0.15) is 0 Å². The standard InChI is InChI=1S/C27H38N4O2.ClH.H2O/c1-5-29(6-2)18-17-26(32)28-23-16-15-22-14-13-21-11-9-10-12-24(21)31(25(22)19-23)27(33)20-30(7-3)8-4;;/h9-12,15-16,19H,5-8,13-14,17-18,20H2,1-4H3,(H,28,32);1H;1H2. The summed E-state index contributed by atoms with van der Waals surface area (Å²) in [5, 5.41) is 3.05. The monoisotopic (exact) mass is 504 g/mol. The Morgan fingerprint density at radius 1 is 0.857 bits per heavy atom. The number of hydrogen-bond acceptors (Lipinski definition) is 4. The molecule has 2 aromatic rings. The van der Waals surface area contributed by atoms with Gasteiger partial charge in [0.15, 0.2) is 0 Å². The third-order valence-electron chi connectivity index (χ3n) is 6.56. The molecule has 2 amide bonds. The average Bonchev–Trinajstić information content (AvgIpc) is 2.99. The van der Waals surface area contributed by atoms with Crippen molar-refractivity contribution < 1.29 is 15.1 Å². The minimum Gasteiger partial charge on any atom is -0.412 e. The van der Waals surface area contributed by atoms with Crippen molar-refractivity contribution in [1.29, 1.82) is 0 Å². The molecule has 0 saturated heterocycles. The number of amides is 2. The Bertz CT molecular complexity index is 961. The van der Waals surface area contributed by atoms with E-state index in [1.54, 1.807) is 0 Å². The maximum atomic E-state index is 13.6. The number of likely N-dealkylation sites (N-methyl/N-ethyl adjacent to an activating group) is 1. The second-order valence-electron chi connectivity index (χ2n) is 8.49. The highest BCUT2D eigenvalue weighted by molar-refractivity contribution is 6.04. The molecule has 194 valence electrons. The number of carbonyl (C=O) groups excluding carboxylic acids is 2. The van der Waals surface area contributed by atoms with Gasteiger partial charge < -0.3 is 15.7 Å². The van der Waals surface area contributed by atoms with Gasteiger partial charge in [0.05, 0.1) is 17.9 Å². The molecule has 8 heteroatoms. The predicted molar refractivity (Wildman–Crippen MR) is 147 cm³/mol. The molecule has 0 radical (unpaired) electrons. The summed E-state index contributed by atoms with van der Waals surface area (Å²) in [4.78, 5) is 32.4. The third kappa shape index (κ3) is 7.77. The topological polar surface area (TPSA) is 87.4 Å². The predicted octanol–water partition coefficient (Wildman–Crippen LogP) is 4.06. The summed E-state index contributed by atoms with van der Waals surface area (Å²) in [6, 6.07) is 14.1. The van der Waals surface area contributed by atoms with Crippen LogP contribution in [-0.4, -0.2) is 66.4 Å². The molecule has 0 unspecified atom stereocenters. The van der Waals surface area contributed by atoms with Crippen LogP contribution in [0.15, 0.2) is 42.5 Å². The quantitative estimate of drug-likeness (QED) is 0.528. The molecule has 0 saturated carbocycles. The van der Waals surface area contributed by atoms with Crippen LogP contribution in [0.1, 0.15) is 45.2 Å². The van der Waals surface area contributed by atoms with Gasteiger partial charge in [0.2, 0.25) is 11.8 Å². The second-order valence-corrected chi connectivity index (χ2v) is 8.49. The Morgan fingerprint density at radius 2 is 1.46 bits per heavy atom. The molecule has 2 aromatic carbocycles. The maximum Gasteiger partial charge on any atom is 0.245 e. The summed E-state index contributed by atoms with van der Waals surface area (Å²) in [6.07, 6.45) is 2.19. The van der Waals surface area contributed by atoms with Gasteiger partial charge in [0, 0.05) is 18.7 Å². The zero-order chi connectivity index (χ0) is 23.8. The molecule has 0 bridgehead atoms. The first-order valence-electron chi connectivity index (χ1n) is 12.3. The molecular formula is C27H41ClN4O3. The van der Waals surface area contributed by atoms with Crippen LogP contribution >= 0.6 is 12.4 Å². The molecular weight excluding hydrogens is 464 g/mol. The number of nitrogens with zero attached hydrogens (tertiary/aromatic N) is 3. The lowest BCUT2D eigenvalue weighted by molar-refractivity contribution is -0.119. The van der Waals surface area contributed by atoms with Crippen molar-refractivity contribution in [3.8, 4) is 0 Å². The molecule has 3 rings (SSSR count). The largest absolute Gasteiger partial charge is 0.412 e. The van der Waals surface area contributed by atoms with E-state index in [4.69, 9.17) is 0 Å². The summed E-state index contributed by atoms with van der Waals surface area (Å²) in [5.41, 5.74) is 4.85. The van der Waals surface area contributed by atoms with Crippen molar-refractivity contribution in [3.63, 3.8) is 0 Å². The third-order valence-corrected chi connectivity index (χ3v) is 6.56. The number of nitrogens with one attached hydrogen (secondary N) is 1. The normalized spacial score (nSPS) is 12.2. The van der Waals surface area contributed by atoms with Crippen molar-refractivity contribution >= 4 is 41.3 Å². The number of anilines is 3. The van der Waals surface area contributed by atoms with Crippen molar-refractivity contribution in [3.05, 3.63) is 53.6 Å². The lowest BCUT2D eigenvalue weighted by Crippen LogP contribution is -2.38. The van der Waals surface area contributed by atoms with Gasteiger partial charge in [-0.15, -0.1) is 12.4 Å². The van der Waals surface area contributed by atoms with E-state index in [0.717, 1.165) is 68.2 Å². The zero-order valence-corrected chi connectivity index (χ0v) is 22.3. The minimum atomic E-state index is -0.00288.